The van der Waals surface area contributed by atoms with Crippen molar-refractivity contribution in [3.05, 3.63) is 59.5 Å². The minimum atomic E-state index is -0.181. The summed E-state index contributed by atoms with van der Waals surface area (Å²) >= 11 is 0. The average molecular weight is 485 g/mol. The SMILES string of the molecule is CN=C(NCCCCNc1ccccn1)NC(C)c1ccc(C)c(F)c1.I. The minimum absolute atomic E-state index is 0. The van der Waals surface area contributed by atoms with Crippen LogP contribution in [0.5, 0.6) is 0 Å². The lowest BCUT2D eigenvalue weighted by Gasteiger charge is -2.18. The molecule has 5 nitrogen and oxygen atoms in total. The van der Waals surface area contributed by atoms with Gasteiger partial charge in [-0.15, -0.1) is 24.0 Å². The number of nitrogens with one attached hydrogen (secondary N) is 3. The van der Waals surface area contributed by atoms with Gasteiger partial charge in [0.1, 0.15) is 11.6 Å². The van der Waals surface area contributed by atoms with E-state index in [1.165, 1.54) is 0 Å². The molecule has 0 saturated heterocycles. The van der Waals surface area contributed by atoms with Crippen molar-refractivity contribution < 1.29 is 4.39 Å². The molecule has 0 saturated carbocycles. The van der Waals surface area contributed by atoms with Gasteiger partial charge in [0.05, 0.1) is 6.04 Å². The van der Waals surface area contributed by atoms with Gasteiger partial charge in [-0.1, -0.05) is 18.2 Å². The van der Waals surface area contributed by atoms with Crippen LogP contribution in [0, 0.1) is 12.7 Å². The highest BCUT2D eigenvalue weighted by molar-refractivity contribution is 14.0. The van der Waals surface area contributed by atoms with Crippen molar-refractivity contribution >= 4 is 35.8 Å². The van der Waals surface area contributed by atoms with E-state index in [-0.39, 0.29) is 35.8 Å². The third-order valence-corrected chi connectivity index (χ3v) is 4.14. The number of hydrogen-bond donors (Lipinski definition) is 3. The third-order valence-electron chi connectivity index (χ3n) is 4.14. The van der Waals surface area contributed by atoms with E-state index in [0.717, 1.165) is 43.3 Å². The quantitative estimate of drug-likeness (QED) is 0.226. The predicted octanol–water partition coefficient (Wildman–Crippen LogP) is 4.27. The molecule has 27 heavy (non-hydrogen) atoms. The second-order valence-electron chi connectivity index (χ2n) is 6.22. The molecule has 148 valence electrons. The molecule has 0 aliphatic carbocycles. The number of aliphatic imine (C=N–C) groups is 1. The largest absolute Gasteiger partial charge is 0.370 e. The number of halogens is 2. The molecule has 2 aromatic rings. The average Bonchev–Trinajstić information content (AvgIpc) is 2.66. The van der Waals surface area contributed by atoms with Gasteiger partial charge in [0, 0.05) is 26.3 Å². The van der Waals surface area contributed by atoms with Crippen molar-refractivity contribution in [3.8, 4) is 0 Å². The van der Waals surface area contributed by atoms with Gasteiger partial charge < -0.3 is 16.0 Å². The van der Waals surface area contributed by atoms with Crippen LogP contribution in [0.25, 0.3) is 0 Å². The Morgan fingerprint density at radius 3 is 2.63 bits per heavy atom. The number of pyridine rings is 1. The lowest BCUT2D eigenvalue weighted by atomic mass is 10.1. The molecule has 0 spiro atoms. The fourth-order valence-electron chi connectivity index (χ4n) is 2.50. The Labute approximate surface area is 178 Å². The molecule has 1 heterocycles. The highest BCUT2D eigenvalue weighted by Gasteiger charge is 2.09. The predicted molar refractivity (Wildman–Crippen MR) is 121 cm³/mol. The van der Waals surface area contributed by atoms with Crippen molar-refractivity contribution in [2.45, 2.75) is 32.7 Å². The summed E-state index contributed by atoms with van der Waals surface area (Å²) in [7, 11) is 1.74. The van der Waals surface area contributed by atoms with Crippen molar-refractivity contribution in [3.63, 3.8) is 0 Å². The zero-order chi connectivity index (χ0) is 18.8. The van der Waals surface area contributed by atoms with E-state index >= 15 is 0 Å². The van der Waals surface area contributed by atoms with Crippen LogP contribution >= 0.6 is 24.0 Å². The first-order valence-electron chi connectivity index (χ1n) is 8.98. The van der Waals surface area contributed by atoms with Crippen LogP contribution in [-0.2, 0) is 0 Å². The normalized spacial score (nSPS) is 12.1. The fraction of sp³-hybridized carbons (Fsp3) is 0.400. The summed E-state index contributed by atoms with van der Waals surface area (Å²) in [5, 5.41) is 9.88. The fourth-order valence-corrected chi connectivity index (χ4v) is 2.50. The molecule has 7 heteroatoms. The molecule has 0 bridgehead atoms. The first kappa shape index (κ1) is 23.1. The summed E-state index contributed by atoms with van der Waals surface area (Å²) < 4.78 is 13.7. The Bertz CT molecular complexity index is 709. The van der Waals surface area contributed by atoms with Crippen LogP contribution in [0.3, 0.4) is 0 Å². The van der Waals surface area contributed by atoms with E-state index < -0.39 is 0 Å². The van der Waals surface area contributed by atoms with Gasteiger partial charge >= 0.3 is 0 Å². The zero-order valence-corrected chi connectivity index (χ0v) is 18.5. The van der Waals surface area contributed by atoms with E-state index in [0.29, 0.717) is 5.56 Å². The van der Waals surface area contributed by atoms with E-state index in [2.05, 4.69) is 25.9 Å². The molecule has 1 atom stereocenters. The summed E-state index contributed by atoms with van der Waals surface area (Å²) in [5.74, 6) is 1.44. The summed E-state index contributed by atoms with van der Waals surface area (Å²) in [6.07, 6.45) is 3.81. The number of aromatic nitrogens is 1. The highest BCUT2D eigenvalue weighted by Crippen LogP contribution is 2.16. The number of unbranched alkanes of at least 4 members (excludes halogenated alkanes) is 1. The maximum Gasteiger partial charge on any atom is 0.191 e. The van der Waals surface area contributed by atoms with Crippen molar-refractivity contribution in [2.75, 3.05) is 25.5 Å². The lowest BCUT2D eigenvalue weighted by Crippen LogP contribution is -2.39. The molecular weight excluding hydrogens is 456 g/mol. The molecule has 0 fully saturated rings. The molecule has 0 radical (unpaired) electrons. The maximum atomic E-state index is 13.7. The van der Waals surface area contributed by atoms with Crippen molar-refractivity contribution in [1.82, 2.24) is 15.6 Å². The number of nitrogens with zero attached hydrogens (tertiary/aromatic N) is 2. The number of benzene rings is 1. The van der Waals surface area contributed by atoms with Gasteiger partial charge in [-0.2, -0.15) is 0 Å². The Balaban J connectivity index is 0.00000364. The van der Waals surface area contributed by atoms with Crippen LogP contribution in [0.1, 0.15) is 36.9 Å². The second kappa shape index (κ2) is 12.5. The molecule has 1 unspecified atom stereocenters. The Kier molecular flexibility index (Phi) is 10.7. The highest BCUT2D eigenvalue weighted by atomic mass is 127. The van der Waals surface area contributed by atoms with Gasteiger partial charge in [0.25, 0.3) is 0 Å². The molecular formula is C20H29FIN5. The van der Waals surface area contributed by atoms with Crippen LogP contribution in [-0.4, -0.2) is 31.1 Å². The molecule has 0 aliphatic rings. The summed E-state index contributed by atoms with van der Waals surface area (Å²) in [5.41, 5.74) is 1.55. The third kappa shape index (κ3) is 8.11. The van der Waals surface area contributed by atoms with E-state index in [1.54, 1.807) is 32.3 Å². The zero-order valence-electron chi connectivity index (χ0n) is 16.1. The number of aryl methyl sites for hydroxylation is 1. The topological polar surface area (TPSA) is 61.3 Å². The monoisotopic (exact) mass is 485 g/mol. The number of guanidine groups is 1. The standard InChI is InChI=1S/C20H28FN5.HI/c1-15-9-10-17(14-18(15)21)16(2)26-20(22-3)25-13-7-6-12-24-19-8-4-5-11-23-19;/h4-5,8-11,14,16H,6-7,12-13H2,1-3H3,(H,23,24)(H2,22,25,26);1H. The van der Waals surface area contributed by atoms with Crippen LogP contribution < -0.4 is 16.0 Å². The number of rotatable bonds is 8. The molecule has 1 aromatic heterocycles. The second-order valence-corrected chi connectivity index (χ2v) is 6.22. The van der Waals surface area contributed by atoms with E-state index in [4.69, 9.17) is 0 Å². The van der Waals surface area contributed by atoms with E-state index in [1.807, 2.05) is 31.2 Å². The summed E-state index contributed by atoms with van der Waals surface area (Å²) in [6.45, 7) is 5.45. The maximum absolute atomic E-state index is 13.7. The van der Waals surface area contributed by atoms with Crippen molar-refractivity contribution in [2.24, 2.45) is 4.99 Å². The molecule has 1 aromatic carbocycles. The van der Waals surface area contributed by atoms with Gasteiger partial charge in [0.2, 0.25) is 0 Å². The van der Waals surface area contributed by atoms with Crippen LogP contribution in [0.4, 0.5) is 10.2 Å². The molecule has 0 amide bonds. The Morgan fingerprint density at radius 1 is 1.19 bits per heavy atom. The van der Waals surface area contributed by atoms with Crippen LogP contribution in [0.15, 0.2) is 47.6 Å². The minimum Gasteiger partial charge on any atom is -0.370 e. The molecule has 3 N–H and O–H groups in total. The number of hydrogen-bond acceptors (Lipinski definition) is 3. The van der Waals surface area contributed by atoms with Gasteiger partial charge in [-0.05, 0) is 56.0 Å². The van der Waals surface area contributed by atoms with Crippen LogP contribution in [0.2, 0.25) is 0 Å². The van der Waals surface area contributed by atoms with Crippen molar-refractivity contribution in [1.29, 1.82) is 0 Å². The lowest BCUT2D eigenvalue weighted by molar-refractivity contribution is 0.607. The summed E-state index contributed by atoms with van der Waals surface area (Å²) in [4.78, 5) is 8.46. The molecule has 0 aliphatic heterocycles. The first-order chi connectivity index (χ1) is 12.6. The summed E-state index contributed by atoms with van der Waals surface area (Å²) in [6, 6.07) is 11.1. The van der Waals surface area contributed by atoms with Gasteiger partial charge in [0.15, 0.2) is 5.96 Å². The first-order valence-corrected chi connectivity index (χ1v) is 8.98. The van der Waals surface area contributed by atoms with Gasteiger partial charge in [-0.25, -0.2) is 9.37 Å². The molecule has 2 rings (SSSR count). The Hall–Kier alpha value is -1.90. The number of anilines is 1. The van der Waals surface area contributed by atoms with Gasteiger partial charge in [-0.3, -0.25) is 4.99 Å². The Morgan fingerprint density at radius 2 is 1.96 bits per heavy atom. The smallest absolute Gasteiger partial charge is 0.191 e. The van der Waals surface area contributed by atoms with E-state index in [9.17, 15) is 4.39 Å².